The summed E-state index contributed by atoms with van der Waals surface area (Å²) in [6.45, 7) is 10.7. The summed E-state index contributed by atoms with van der Waals surface area (Å²) in [5.41, 5.74) is 8.70. The lowest BCUT2D eigenvalue weighted by atomic mass is 9.61. The van der Waals surface area contributed by atoms with Gasteiger partial charge in [-0.3, -0.25) is 4.98 Å². The van der Waals surface area contributed by atoms with Gasteiger partial charge in [0.05, 0.1) is 16.9 Å². The summed E-state index contributed by atoms with van der Waals surface area (Å²) in [7, 11) is -0.380. The van der Waals surface area contributed by atoms with Crippen molar-refractivity contribution in [3.63, 3.8) is 0 Å². The van der Waals surface area contributed by atoms with Crippen LogP contribution in [0.15, 0.2) is 60.8 Å². The lowest BCUT2D eigenvalue weighted by Gasteiger charge is -2.43. The van der Waals surface area contributed by atoms with Gasteiger partial charge in [-0.15, -0.1) is 0 Å². The van der Waals surface area contributed by atoms with Crippen LogP contribution < -0.4 is 5.46 Å². The van der Waals surface area contributed by atoms with E-state index in [0.717, 1.165) is 11.2 Å². The van der Waals surface area contributed by atoms with Gasteiger partial charge in [-0.05, 0) is 87.3 Å². The third-order valence-electron chi connectivity index (χ3n) is 9.27. The van der Waals surface area contributed by atoms with Crippen LogP contribution >= 0.6 is 0 Å². The van der Waals surface area contributed by atoms with Crippen LogP contribution in [-0.4, -0.2) is 23.3 Å². The Morgan fingerprint density at radius 3 is 2.43 bits per heavy atom. The van der Waals surface area contributed by atoms with Gasteiger partial charge in [0.15, 0.2) is 0 Å². The van der Waals surface area contributed by atoms with Crippen molar-refractivity contribution in [3.05, 3.63) is 71.9 Å². The molecule has 1 aliphatic heterocycles. The maximum absolute atomic E-state index is 6.22. The third kappa shape index (κ3) is 3.44. The van der Waals surface area contributed by atoms with Crippen LogP contribution in [0.5, 0.6) is 0 Å². The predicted molar refractivity (Wildman–Crippen MR) is 144 cm³/mol. The van der Waals surface area contributed by atoms with Crippen LogP contribution in [0.2, 0.25) is 0 Å². The SMILES string of the molecule is CCC[C@]12CCC[C@H]1c1cc(-c3ccc(B4OC(C)(C)C(C)(C)O4)cn3)ccc1-c1ccccc12. The Labute approximate surface area is 210 Å². The van der Waals surface area contributed by atoms with E-state index in [0.29, 0.717) is 5.92 Å². The lowest BCUT2D eigenvalue weighted by molar-refractivity contribution is 0.00578. The first-order valence-electron chi connectivity index (χ1n) is 13.3. The summed E-state index contributed by atoms with van der Waals surface area (Å²) in [6, 6.07) is 20.4. The average molecular weight is 465 g/mol. The van der Waals surface area contributed by atoms with Crippen LogP contribution in [0.4, 0.5) is 0 Å². The first-order valence-corrected chi connectivity index (χ1v) is 13.3. The quantitative estimate of drug-likeness (QED) is 0.388. The van der Waals surface area contributed by atoms with Gasteiger partial charge in [0.2, 0.25) is 0 Å². The number of benzene rings is 2. The van der Waals surface area contributed by atoms with Gasteiger partial charge < -0.3 is 9.31 Å². The summed E-state index contributed by atoms with van der Waals surface area (Å²) in [6.07, 6.45) is 8.29. The summed E-state index contributed by atoms with van der Waals surface area (Å²) in [4.78, 5) is 4.86. The van der Waals surface area contributed by atoms with Crippen molar-refractivity contribution in [2.24, 2.45) is 0 Å². The highest BCUT2D eigenvalue weighted by atomic mass is 16.7. The van der Waals surface area contributed by atoms with E-state index in [9.17, 15) is 0 Å². The van der Waals surface area contributed by atoms with Gasteiger partial charge in [-0.2, -0.15) is 0 Å². The minimum absolute atomic E-state index is 0.283. The summed E-state index contributed by atoms with van der Waals surface area (Å²) in [5, 5.41) is 0. The van der Waals surface area contributed by atoms with E-state index in [4.69, 9.17) is 14.3 Å². The zero-order chi connectivity index (χ0) is 24.4. The first kappa shape index (κ1) is 23.0. The van der Waals surface area contributed by atoms with Crippen molar-refractivity contribution < 1.29 is 9.31 Å². The molecule has 2 aliphatic carbocycles. The number of pyridine rings is 1. The Kier molecular flexibility index (Phi) is 5.29. The molecular formula is C31H36BNO2. The molecule has 180 valence electrons. The van der Waals surface area contributed by atoms with Crippen molar-refractivity contribution >= 4 is 12.6 Å². The molecule has 1 saturated heterocycles. The fourth-order valence-corrected chi connectivity index (χ4v) is 6.83. The largest absolute Gasteiger partial charge is 0.496 e. The molecule has 4 heteroatoms. The molecule has 0 N–H and O–H groups in total. The molecule has 3 aliphatic rings. The summed E-state index contributed by atoms with van der Waals surface area (Å²) >= 11 is 0. The summed E-state index contributed by atoms with van der Waals surface area (Å²) < 4.78 is 12.4. The van der Waals surface area contributed by atoms with E-state index in [-0.39, 0.29) is 23.7 Å². The van der Waals surface area contributed by atoms with Gasteiger partial charge in [-0.25, -0.2) is 0 Å². The number of rotatable bonds is 4. The fourth-order valence-electron chi connectivity index (χ4n) is 6.83. The normalized spacial score (nSPS) is 25.7. The Bertz CT molecular complexity index is 1250. The smallest absolute Gasteiger partial charge is 0.399 e. The van der Waals surface area contributed by atoms with Crippen LogP contribution in [0, 0.1) is 0 Å². The molecule has 1 saturated carbocycles. The Hall–Kier alpha value is -2.43. The van der Waals surface area contributed by atoms with Crippen molar-refractivity contribution in [1.82, 2.24) is 4.98 Å². The first-order chi connectivity index (χ1) is 16.8. The molecule has 2 atom stereocenters. The zero-order valence-corrected chi connectivity index (χ0v) is 21.7. The van der Waals surface area contributed by atoms with E-state index in [1.807, 2.05) is 6.20 Å². The molecule has 0 amide bonds. The number of hydrogen-bond acceptors (Lipinski definition) is 3. The molecule has 0 radical (unpaired) electrons. The number of aromatic nitrogens is 1. The predicted octanol–water partition coefficient (Wildman–Crippen LogP) is 7.03. The molecule has 0 unspecified atom stereocenters. The number of hydrogen-bond donors (Lipinski definition) is 0. The van der Waals surface area contributed by atoms with E-state index in [1.54, 1.807) is 5.56 Å². The Balaban J connectivity index is 1.37. The molecule has 2 aromatic carbocycles. The molecular weight excluding hydrogens is 429 g/mol. The third-order valence-corrected chi connectivity index (χ3v) is 9.27. The molecule has 3 nitrogen and oxygen atoms in total. The topological polar surface area (TPSA) is 31.4 Å². The van der Waals surface area contributed by atoms with Crippen molar-refractivity contribution in [2.75, 3.05) is 0 Å². The maximum atomic E-state index is 6.22. The highest BCUT2D eigenvalue weighted by Gasteiger charge is 2.52. The molecule has 1 aromatic heterocycles. The highest BCUT2D eigenvalue weighted by Crippen LogP contribution is 2.60. The number of fused-ring (bicyclic) bond motifs is 6. The minimum atomic E-state index is -0.380. The Morgan fingerprint density at radius 2 is 1.71 bits per heavy atom. The second kappa shape index (κ2) is 8.04. The van der Waals surface area contributed by atoms with Crippen LogP contribution in [0.25, 0.3) is 22.4 Å². The molecule has 0 spiro atoms. The zero-order valence-electron chi connectivity index (χ0n) is 21.7. The average Bonchev–Trinajstić information content (AvgIpc) is 3.37. The monoisotopic (exact) mass is 465 g/mol. The van der Waals surface area contributed by atoms with Crippen molar-refractivity contribution in [3.8, 4) is 22.4 Å². The van der Waals surface area contributed by atoms with E-state index in [1.165, 1.54) is 54.4 Å². The van der Waals surface area contributed by atoms with E-state index in [2.05, 4.69) is 89.2 Å². The minimum Gasteiger partial charge on any atom is -0.399 e. The molecule has 2 fully saturated rings. The van der Waals surface area contributed by atoms with Crippen LogP contribution in [0.1, 0.15) is 83.8 Å². The molecule has 0 bridgehead atoms. The van der Waals surface area contributed by atoms with Crippen molar-refractivity contribution in [2.45, 2.75) is 89.3 Å². The van der Waals surface area contributed by atoms with Gasteiger partial charge in [0, 0.05) is 22.6 Å². The Morgan fingerprint density at radius 1 is 0.943 bits per heavy atom. The van der Waals surface area contributed by atoms with Crippen LogP contribution in [0.3, 0.4) is 0 Å². The maximum Gasteiger partial charge on any atom is 0.496 e. The van der Waals surface area contributed by atoms with Gasteiger partial charge in [-0.1, -0.05) is 62.2 Å². The molecule has 3 aromatic rings. The van der Waals surface area contributed by atoms with Gasteiger partial charge in [0.25, 0.3) is 0 Å². The standard InChI is InChI=1S/C31H36BNO2/c1-6-17-31-18-9-12-27(31)25-19-21(13-15-23(25)24-10-7-8-11-26(24)31)28-16-14-22(20-33-28)32-34-29(2,3)30(4,5)35-32/h7-8,10-11,13-16,19-20,27H,6,9,12,17-18H2,1-5H3/t27-,31+/m0/s1. The highest BCUT2D eigenvalue weighted by molar-refractivity contribution is 6.62. The fraction of sp³-hybridized carbons (Fsp3) is 0.452. The number of nitrogens with zero attached hydrogens (tertiary/aromatic N) is 1. The molecule has 6 rings (SSSR count). The van der Waals surface area contributed by atoms with Gasteiger partial charge >= 0.3 is 7.12 Å². The van der Waals surface area contributed by atoms with E-state index < -0.39 is 0 Å². The molecule has 35 heavy (non-hydrogen) atoms. The van der Waals surface area contributed by atoms with Gasteiger partial charge in [0.1, 0.15) is 0 Å². The summed E-state index contributed by atoms with van der Waals surface area (Å²) in [5.74, 6) is 0.594. The second-order valence-corrected chi connectivity index (χ2v) is 11.8. The van der Waals surface area contributed by atoms with Crippen LogP contribution in [-0.2, 0) is 14.7 Å². The van der Waals surface area contributed by atoms with Crippen molar-refractivity contribution in [1.29, 1.82) is 0 Å². The van der Waals surface area contributed by atoms with E-state index >= 15 is 0 Å². The second-order valence-electron chi connectivity index (χ2n) is 11.8. The lowest BCUT2D eigenvalue weighted by Crippen LogP contribution is -2.41. The molecule has 2 heterocycles.